The lowest BCUT2D eigenvalue weighted by Gasteiger charge is -1.93. The van der Waals surface area contributed by atoms with Crippen LogP contribution in [0.3, 0.4) is 0 Å². The van der Waals surface area contributed by atoms with Crippen LogP contribution in [0.1, 0.15) is 6.92 Å². The van der Waals surface area contributed by atoms with Crippen LogP contribution in [0.15, 0.2) is 0 Å². The molecule has 0 saturated carbocycles. The molecular formula is C3H6NO2S2-. The number of hydrogen-bond acceptors (Lipinski definition) is 4. The fourth-order valence-corrected chi connectivity index (χ4v) is 0. The molecule has 0 aromatic carbocycles. The molecule has 1 unspecified atom stereocenters. The van der Waals surface area contributed by atoms with Crippen molar-refractivity contribution in [2.75, 3.05) is 5.75 Å². The number of thiocarbonyl (C=S) groups is 1. The molecule has 0 spiro atoms. The van der Waals surface area contributed by atoms with Crippen LogP contribution in [0.25, 0.3) is 0 Å². The van der Waals surface area contributed by atoms with Gasteiger partial charge in [0.1, 0.15) is 0 Å². The average Bonchev–Trinajstić information content (AvgIpc) is 1.69. The zero-order chi connectivity index (χ0) is 6.99. The van der Waals surface area contributed by atoms with E-state index in [-0.39, 0.29) is 5.75 Å². The Hall–Kier alpha value is -0.0900. The quantitative estimate of drug-likeness (QED) is 0.339. The van der Waals surface area contributed by atoms with E-state index >= 15 is 0 Å². The molecule has 0 radical (unpaired) electrons. The minimum absolute atomic E-state index is 0.222. The van der Waals surface area contributed by atoms with Crippen molar-refractivity contribution < 1.29 is 8.76 Å². The number of rotatable bonds is 1. The lowest BCUT2D eigenvalue weighted by atomic mass is 11.0. The largest absolute Gasteiger partial charge is 0.772 e. The minimum atomic E-state index is -1.82. The van der Waals surface area contributed by atoms with Crippen molar-refractivity contribution in [1.29, 1.82) is 5.41 Å². The van der Waals surface area contributed by atoms with E-state index in [2.05, 4.69) is 12.2 Å². The van der Waals surface area contributed by atoms with Crippen LogP contribution in [0.5, 0.6) is 0 Å². The number of hydrogen-bond donors (Lipinski definition) is 1. The molecule has 0 aromatic rings. The summed E-state index contributed by atoms with van der Waals surface area (Å²) >= 11 is 1.99. The Labute approximate surface area is 55.9 Å². The molecule has 8 heavy (non-hydrogen) atoms. The Kier molecular flexibility index (Phi) is 13.5. The molecule has 0 aliphatic heterocycles. The maximum Gasteiger partial charge on any atom is 0.0554 e. The molecule has 3 nitrogen and oxygen atoms in total. The van der Waals surface area contributed by atoms with E-state index in [1.165, 1.54) is 0 Å². The monoisotopic (exact) mass is 152 g/mol. The van der Waals surface area contributed by atoms with Gasteiger partial charge in [-0.15, -0.1) is 0 Å². The predicted molar refractivity (Wildman–Crippen MR) is 34.8 cm³/mol. The maximum atomic E-state index is 9.37. The first-order valence-electron chi connectivity index (χ1n) is 1.78. The lowest BCUT2D eigenvalue weighted by Crippen LogP contribution is -1.85. The van der Waals surface area contributed by atoms with E-state index in [1.54, 1.807) is 12.1 Å². The summed E-state index contributed by atoms with van der Waals surface area (Å²) < 4.78 is 18.7. The SMILES string of the molecule is CCS(=O)[O-].N=C=S. The van der Waals surface area contributed by atoms with Crippen LogP contribution < -0.4 is 0 Å². The first-order chi connectivity index (χ1) is 3.68. The number of nitrogens with one attached hydrogen (secondary N) is 1. The van der Waals surface area contributed by atoms with E-state index in [4.69, 9.17) is 5.41 Å². The lowest BCUT2D eigenvalue weighted by molar-refractivity contribution is 0.538. The van der Waals surface area contributed by atoms with Crippen molar-refractivity contribution in [3.63, 3.8) is 0 Å². The summed E-state index contributed by atoms with van der Waals surface area (Å²) in [6.07, 6.45) is 0. The Morgan fingerprint density at radius 1 is 2.00 bits per heavy atom. The minimum Gasteiger partial charge on any atom is -0.772 e. The third-order valence-electron chi connectivity index (χ3n) is 0.236. The summed E-state index contributed by atoms with van der Waals surface area (Å²) in [4.78, 5) is 0. The van der Waals surface area contributed by atoms with Gasteiger partial charge in [0.15, 0.2) is 0 Å². The maximum absolute atomic E-state index is 9.37. The zero-order valence-electron chi connectivity index (χ0n) is 4.34. The molecule has 1 N–H and O–H groups in total. The molecule has 0 amide bonds. The first-order valence-corrected chi connectivity index (χ1v) is 3.44. The van der Waals surface area contributed by atoms with Gasteiger partial charge in [-0.2, -0.15) is 0 Å². The zero-order valence-corrected chi connectivity index (χ0v) is 5.97. The summed E-state index contributed by atoms with van der Waals surface area (Å²) in [5, 5.41) is 7.36. The molecule has 0 saturated heterocycles. The molecule has 0 bridgehead atoms. The number of isothiocyanates is 1. The van der Waals surface area contributed by atoms with Crippen molar-refractivity contribution in [2.24, 2.45) is 0 Å². The van der Waals surface area contributed by atoms with Crippen LogP contribution in [0, 0.1) is 5.41 Å². The van der Waals surface area contributed by atoms with Gasteiger partial charge in [0.2, 0.25) is 0 Å². The molecule has 0 heterocycles. The third kappa shape index (κ3) is 39.1. The van der Waals surface area contributed by atoms with Crippen molar-refractivity contribution in [1.82, 2.24) is 0 Å². The highest BCUT2D eigenvalue weighted by Gasteiger charge is 1.62. The topological polar surface area (TPSA) is 64.0 Å². The molecule has 0 aliphatic carbocycles. The summed E-state index contributed by atoms with van der Waals surface area (Å²) in [5.41, 5.74) is 0. The third-order valence-corrected chi connectivity index (χ3v) is 0.707. The Morgan fingerprint density at radius 2 is 2.12 bits per heavy atom. The molecule has 0 fully saturated rings. The van der Waals surface area contributed by atoms with Gasteiger partial charge in [-0.05, 0) is 12.2 Å². The van der Waals surface area contributed by atoms with Crippen molar-refractivity contribution in [3.8, 4) is 0 Å². The van der Waals surface area contributed by atoms with E-state index in [9.17, 15) is 8.76 Å². The van der Waals surface area contributed by atoms with E-state index in [1.807, 2.05) is 0 Å². The van der Waals surface area contributed by atoms with Gasteiger partial charge in [-0.1, -0.05) is 18.0 Å². The first kappa shape index (κ1) is 10.8. The molecule has 0 aliphatic rings. The molecule has 5 heteroatoms. The highest BCUT2D eigenvalue weighted by atomic mass is 32.2. The van der Waals surface area contributed by atoms with Crippen molar-refractivity contribution in [3.05, 3.63) is 0 Å². The van der Waals surface area contributed by atoms with Gasteiger partial charge >= 0.3 is 0 Å². The second kappa shape index (κ2) is 10.0. The van der Waals surface area contributed by atoms with Crippen LogP contribution in [-0.2, 0) is 11.1 Å². The highest BCUT2D eigenvalue weighted by molar-refractivity contribution is 7.79. The molecular weight excluding hydrogens is 146 g/mol. The summed E-state index contributed by atoms with van der Waals surface area (Å²) in [7, 11) is 0. The van der Waals surface area contributed by atoms with Gasteiger partial charge in [0, 0.05) is 5.75 Å². The standard InChI is InChI=1S/C2H6O2S.CHNS/c1-2-5(3)4;2-1-3/h2H2,1H3,(H,3,4);2H/p-1. The summed E-state index contributed by atoms with van der Waals surface area (Å²) in [6.45, 7) is 1.59. The molecule has 1 atom stereocenters. The van der Waals surface area contributed by atoms with Gasteiger partial charge in [0.25, 0.3) is 0 Å². The van der Waals surface area contributed by atoms with Crippen molar-refractivity contribution in [2.45, 2.75) is 6.92 Å². The average molecular weight is 152 g/mol. The van der Waals surface area contributed by atoms with Crippen LogP contribution in [0.4, 0.5) is 0 Å². The van der Waals surface area contributed by atoms with Gasteiger partial charge in [-0.25, -0.2) is 5.41 Å². The smallest absolute Gasteiger partial charge is 0.0554 e. The van der Waals surface area contributed by atoms with E-state index in [0.717, 1.165) is 0 Å². The fraction of sp³-hybridized carbons (Fsp3) is 0.667. The predicted octanol–water partition coefficient (Wildman–Crippen LogP) is 0.553. The Morgan fingerprint density at radius 3 is 2.12 bits per heavy atom. The summed E-state index contributed by atoms with van der Waals surface area (Å²) in [6, 6.07) is 0. The van der Waals surface area contributed by atoms with Crippen molar-refractivity contribution >= 4 is 28.5 Å². The van der Waals surface area contributed by atoms with Crippen LogP contribution in [0.2, 0.25) is 0 Å². The second-order valence-corrected chi connectivity index (χ2v) is 2.08. The van der Waals surface area contributed by atoms with Gasteiger partial charge in [-0.3, -0.25) is 4.21 Å². The normalized spacial score (nSPS) is 10.2. The molecule has 0 rings (SSSR count). The molecule has 0 aromatic heterocycles. The fourth-order valence-electron chi connectivity index (χ4n) is 0. The van der Waals surface area contributed by atoms with Gasteiger partial charge in [0.05, 0.1) is 5.16 Å². The highest BCUT2D eigenvalue weighted by Crippen LogP contribution is 1.63. The summed E-state index contributed by atoms with van der Waals surface area (Å²) in [5.74, 6) is 0.222. The van der Waals surface area contributed by atoms with Crippen LogP contribution in [-0.4, -0.2) is 19.7 Å². The Balaban J connectivity index is 0. The molecule has 48 valence electrons. The second-order valence-electron chi connectivity index (χ2n) is 0.694. The van der Waals surface area contributed by atoms with E-state index < -0.39 is 11.1 Å². The Bertz CT molecular complexity index is 97.5. The van der Waals surface area contributed by atoms with Gasteiger partial charge < -0.3 is 4.55 Å². The van der Waals surface area contributed by atoms with E-state index in [0.29, 0.717) is 0 Å². The van der Waals surface area contributed by atoms with Crippen LogP contribution >= 0.6 is 12.2 Å².